The summed E-state index contributed by atoms with van der Waals surface area (Å²) in [6, 6.07) is 3.50. The van der Waals surface area contributed by atoms with E-state index in [2.05, 4.69) is 0 Å². The van der Waals surface area contributed by atoms with Crippen molar-refractivity contribution in [2.24, 2.45) is 7.05 Å². The van der Waals surface area contributed by atoms with Crippen LogP contribution in [0, 0.1) is 6.92 Å². The second-order valence-electron chi connectivity index (χ2n) is 5.50. The number of carbonyl (C=O) groups excluding carboxylic acids is 3. The number of H-pyrrole nitrogens is 1. The number of aromatic amines is 1. The van der Waals surface area contributed by atoms with Gasteiger partial charge in [-0.05, 0) is 19.1 Å². The second-order valence-corrected chi connectivity index (χ2v) is 6.78. The predicted octanol–water partition coefficient (Wildman–Crippen LogP) is 0.415. The fourth-order valence-electron chi connectivity index (χ4n) is 2.12. The predicted molar refractivity (Wildman–Crippen MR) is 94.6 cm³/mol. The van der Waals surface area contributed by atoms with Crippen LogP contribution >= 0.6 is 11.3 Å². The second kappa shape index (κ2) is 7.91. The Morgan fingerprint density at radius 1 is 1.19 bits per heavy atom. The lowest BCUT2D eigenvalue weighted by molar-refractivity contribution is -0.142. The lowest BCUT2D eigenvalue weighted by atomic mass is 10.2. The summed E-state index contributed by atoms with van der Waals surface area (Å²) < 4.78 is 5.70. The highest BCUT2D eigenvalue weighted by Crippen LogP contribution is 2.17. The average Bonchev–Trinajstić information content (AvgIpc) is 3.02. The molecule has 0 radical (unpaired) electrons. The number of carbonyl (C=O) groups is 3. The van der Waals surface area contributed by atoms with Crippen molar-refractivity contribution < 1.29 is 19.1 Å². The van der Waals surface area contributed by atoms with Crippen molar-refractivity contribution in [1.29, 1.82) is 0 Å². The molecule has 3 N–H and O–H groups in total. The number of aromatic nitrogens is 2. The van der Waals surface area contributed by atoms with E-state index < -0.39 is 35.2 Å². The normalized spacial score (nSPS) is 10.5. The lowest BCUT2D eigenvalue weighted by Gasteiger charge is -2.08. The Kier molecular flexibility index (Phi) is 5.88. The first-order chi connectivity index (χ1) is 12.2. The van der Waals surface area contributed by atoms with Crippen LogP contribution in [0.3, 0.4) is 0 Å². The van der Waals surface area contributed by atoms with Crippen molar-refractivity contribution in [3.63, 3.8) is 0 Å². The number of thiophene rings is 1. The summed E-state index contributed by atoms with van der Waals surface area (Å²) >= 11 is 1.33. The molecule has 0 atom stereocenters. The zero-order valence-corrected chi connectivity index (χ0v) is 15.0. The van der Waals surface area contributed by atoms with Crippen molar-refractivity contribution >= 4 is 34.7 Å². The Morgan fingerprint density at radius 3 is 2.50 bits per heavy atom. The van der Waals surface area contributed by atoms with Gasteiger partial charge in [0, 0.05) is 18.3 Å². The number of ketones is 2. The minimum atomic E-state index is -0.949. The van der Waals surface area contributed by atoms with E-state index >= 15 is 0 Å². The average molecular weight is 379 g/mol. The van der Waals surface area contributed by atoms with Gasteiger partial charge >= 0.3 is 11.7 Å². The van der Waals surface area contributed by atoms with Crippen LogP contribution in [0.5, 0.6) is 0 Å². The number of anilines is 1. The summed E-state index contributed by atoms with van der Waals surface area (Å²) in [7, 11) is 1.29. The number of nitrogens with two attached hydrogens (primary N) is 1. The van der Waals surface area contributed by atoms with Gasteiger partial charge in [-0.25, -0.2) is 4.79 Å². The van der Waals surface area contributed by atoms with Crippen molar-refractivity contribution in [2.45, 2.75) is 19.8 Å². The third-order valence-corrected chi connectivity index (χ3v) is 4.63. The number of rotatable bonds is 7. The van der Waals surface area contributed by atoms with Crippen LogP contribution in [0.2, 0.25) is 0 Å². The van der Waals surface area contributed by atoms with Crippen LogP contribution in [-0.2, 0) is 16.6 Å². The fourth-order valence-corrected chi connectivity index (χ4v) is 2.95. The summed E-state index contributed by atoms with van der Waals surface area (Å²) in [5.74, 6) is -2.10. The first kappa shape index (κ1) is 19.3. The SMILES string of the molecule is Cc1ccc(C(=O)CCC(=O)OCC(=O)c2c(N)n(C)c(=O)[nH]c2=O)s1. The largest absolute Gasteiger partial charge is 0.457 e. The van der Waals surface area contributed by atoms with Crippen molar-refractivity contribution in [3.05, 3.63) is 48.3 Å². The molecule has 0 aromatic carbocycles. The van der Waals surface area contributed by atoms with Gasteiger partial charge in [0.25, 0.3) is 5.56 Å². The van der Waals surface area contributed by atoms with Gasteiger partial charge in [-0.15, -0.1) is 11.3 Å². The number of hydrogen-bond acceptors (Lipinski definition) is 8. The zero-order valence-electron chi connectivity index (χ0n) is 14.2. The molecule has 10 heteroatoms. The summed E-state index contributed by atoms with van der Waals surface area (Å²) in [4.78, 5) is 62.3. The van der Waals surface area contributed by atoms with Crippen molar-refractivity contribution in [2.75, 3.05) is 12.3 Å². The highest BCUT2D eigenvalue weighted by atomic mass is 32.1. The molecule has 0 aliphatic carbocycles. The van der Waals surface area contributed by atoms with E-state index in [-0.39, 0.29) is 24.4 Å². The number of ether oxygens (including phenoxy) is 1. The third kappa shape index (κ3) is 4.33. The number of nitrogens with zero attached hydrogens (tertiary/aromatic N) is 1. The van der Waals surface area contributed by atoms with Gasteiger partial charge in [0.1, 0.15) is 11.4 Å². The van der Waals surface area contributed by atoms with Gasteiger partial charge in [-0.1, -0.05) is 0 Å². The highest BCUT2D eigenvalue weighted by molar-refractivity contribution is 7.14. The number of hydrogen-bond donors (Lipinski definition) is 2. The minimum Gasteiger partial charge on any atom is -0.457 e. The van der Waals surface area contributed by atoms with E-state index in [0.29, 0.717) is 4.88 Å². The first-order valence-corrected chi connectivity index (χ1v) is 8.39. The number of nitrogen functional groups attached to an aromatic ring is 1. The van der Waals surface area contributed by atoms with Crippen molar-refractivity contribution in [1.82, 2.24) is 9.55 Å². The molecule has 0 saturated carbocycles. The Morgan fingerprint density at radius 2 is 1.88 bits per heavy atom. The summed E-state index contributed by atoms with van der Waals surface area (Å²) in [6.07, 6.45) is -0.238. The molecule has 2 heterocycles. The molecule has 9 nitrogen and oxygen atoms in total. The Labute approximate surface area is 151 Å². The van der Waals surface area contributed by atoms with E-state index in [1.807, 2.05) is 18.0 Å². The van der Waals surface area contributed by atoms with E-state index in [1.165, 1.54) is 18.4 Å². The molecule has 0 aliphatic rings. The van der Waals surface area contributed by atoms with Crippen LogP contribution in [0.25, 0.3) is 0 Å². The van der Waals surface area contributed by atoms with Crippen molar-refractivity contribution in [3.8, 4) is 0 Å². The van der Waals surface area contributed by atoms with Crippen LogP contribution in [0.1, 0.15) is 37.7 Å². The molecule has 26 heavy (non-hydrogen) atoms. The van der Waals surface area contributed by atoms with Gasteiger partial charge in [0.2, 0.25) is 5.78 Å². The fraction of sp³-hybridized carbons (Fsp3) is 0.312. The Balaban J connectivity index is 1.92. The van der Waals surface area contributed by atoms with E-state index in [4.69, 9.17) is 10.5 Å². The number of nitrogens with one attached hydrogen (secondary N) is 1. The van der Waals surface area contributed by atoms with Gasteiger partial charge < -0.3 is 10.5 Å². The maximum atomic E-state index is 12.1. The van der Waals surface area contributed by atoms with E-state index in [9.17, 15) is 24.0 Å². The number of esters is 1. The molecule has 0 unspecified atom stereocenters. The molecular formula is C16H17N3O6S. The van der Waals surface area contributed by atoms with Gasteiger partial charge in [0.05, 0.1) is 11.3 Å². The zero-order chi connectivity index (χ0) is 19.4. The Bertz CT molecular complexity index is 985. The number of Topliss-reactive ketones (excluding diaryl/α,β-unsaturated/α-hetero) is 2. The molecule has 0 aliphatic heterocycles. The smallest absolute Gasteiger partial charge is 0.329 e. The molecule has 138 valence electrons. The third-order valence-electron chi connectivity index (χ3n) is 3.58. The summed E-state index contributed by atoms with van der Waals surface area (Å²) in [6.45, 7) is 1.16. The molecule has 2 aromatic rings. The molecular weight excluding hydrogens is 362 g/mol. The lowest BCUT2D eigenvalue weighted by Crippen LogP contribution is -2.35. The maximum absolute atomic E-state index is 12.1. The number of aryl methyl sites for hydroxylation is 1. The van der Waals surface area contributed by atoms with Gasteiger partial charge in [-0.2, -0.15) is 0 Å². The highest BCUT2D eigenvalue weighted by Gasteiger charge is 2.20. The maximum Gasteiger partial charge on any atom is 0.329 e. The molecule has 0 saturated heterocycles. The first-order valence-electron chi connectivity index (χ1n) is 7.58. The Hall–Kier alpha value is -3.01. The van der Waals surface area contributed by atoms with Crippen LogP contribution in [0.4, 0.5) is 5.82 Å². The van der Waals surface area contributed by atoms with Gasteiger partial charge in [0.15, 0.2) is 12.4 Å². The molecule has 0 spiro atoms. The molecule has 2 aromatic heterocycles. The monoisotopic (exact) mass is 379 g/mol. The van der Waals surface area contributed by atoms with E-state index in [0.717, 1.165) is 9.44 Å². The van der Waals surface area contributed by atoms with Gasteiger partial charge in [-0.3, -0.25) is 28.7 Å². The van der Waals surface area contributed by atoms with E-state index in [1.54, 1.807) is 6.07 Å². The minimum absolute atomic E-state index is 0.0461. The summed E-state index contributed by atoms with van der Waals surface area (Å²) in [5.41, 5.74) is 3.43. The molecule has 0 fully saturated rings. The summed E-state index contributed by atoms with van der Waals surface area (Å²) in [5, 5.41) is 0. The van der Waals surface area contributed by atoms with Crippen LogP contribution in [0.15, 0.2) is 21.7 Å². The standard InChI is InChI=1S/C16H17N3O6S/c1-8-3-5-11(26-8)9(20)4-6-12(22)25-7-10(21)13-14(17)19(2)16(24)18-15(13)23/h3,5H,4,6-7,17H2,1-2H3,(H,18,23,24). The molecule has 0 bridgehead atoms. The molecule has 2 rings (SSSR count). The quantitative estimate of drug-likeness (QED) is 0.524. The van der Waals surface area contributed by atoms with Crippen LogP contribution in [-0.4, -0.2) is 33.7 Å². The van der Waals surface area contributed by atoms with Crippen LogP contribution < -0.4 is 17.0 Å². The topological polar surface area (TPSA) is 141 Å². The molecule has 0 amide bonds.